The average Bonchev–Trinajstić information content (AvgIpc) is 3.42. The number of para-hydroxylation sites is 1. The fraction of sp³-hybridized carbons (Fsp3) is 0.250. The van der Waals surface area contributed by atoms with Crippen molar-refractivity contribution in [2.24, 2.45) is 5.10 Å². The van der Waals surface area contributed by atoms with Gasteiger partial charge in [0.05, 0.1) is 5.52 Å². The van der Waals surface area contributed by atoms with E-state index in [2.05, 4.69) is 20.7 Å². The van der Waals surface area contributed by atoms with Crippen LogP contribution in [0.15, 0.2) is 59.7 Å². The van der Waals surface area contributed by atoms with Crippen LogP contribution in [0.5, 0.6) is 0 Å². The van der Waals surface area contributed by atoms with Crippen molar-refractivity contribution in [2.75, 3.05) is 0 Å². The molecule has 1 fully saturated rings. The van der Waals surface area contributed by atoms with E-state index >= 15 is 0 Å². The molecule has 3 aromatic heterocycles. The highest BCUT2D eigenvalue weighted by Crippen LogP contribution is 2.27. The number of carbonyl (C=O) groups is 1. The molecule has 33 heavy (non-hydrogen) atoms. The van der Waals surface area contributed by atoms with Gasteiger partial charge in [0.2, 0.25) is 0 Å². The van der Waals surface area contributed by atoms with Gasteiger partial charge in [0, 0.05) is 16.7 Å². The Hall–Kier alpha value is -4.14. The van der Waals surface area contributed by atoms with Crippen LogP contribution in [0.4, 0.5) is 0 Å². The van der Waals surface area contributed by atoms with Crippen molar-refractivity contribution in [1.29, 1.82) is 0 Å². The van der Waals surface area contributed by atoms with E-state index in [1.165, 1.54) is 6.42 Å². The van der Waals surface area contributed by atoms with Gasteiger partial charge >= 0.3 is 0 Å². The minimum absolute atomic E-state index is 0.0886. The topological polar surface area (TPSA) is 102 Å². The summed E-state index contributed by atoms with van der Waals surface area (Å²) >= 11 is 0. The SMILES string of the molecule is O=C(Cn1c2ccccc2c2nn3c(-c4ccccc4)nnc3nc21)NN=C1CCCCC1. The van der Waals surface area contributed by atoms with Crippen LogP contribution in [0.1, 0.15) is 32.1 Å². The summed E-state index contributed by atoms with van der Waals surface area (Å²) in [6.07, 6.45) is 5.41. The molecule has 0 atom stereocenters. The molecule has 9 nitrogen and oxygen atoms in total. The first-order chi connectivity index (χ1) is 16.3. The number of hydrazone groups is 1. The number of fused-ring (bicyclic) bond motifs is 4. The lowest BCUT2D eigenvalue weighted by Gasteiger charge is -2.12. The molecule has 0 aliphatic heterocycles. The van der Waals surface area contributed by atoms with Crippen LogP contribution in [-0.2, 0) is 11.3 Å². The second-order valence-electron chi connectivity index (χ2n) is 8.26. The molecular formula is C24H22N8O. The lowest BCUT2D eigenvalue weighted by atomic mass is 9.99. The highest BCUT2D eigenvalue weighted by atomic mass is 16.2. The van der Waals surface area contributed by atoms with Gasteiger partial charge in [-0.05, 0) is 31.7 Å². The molecule has 0 unspecified atom stereocenters. The van der Waals surface area contributed by atoms with Gasteiger partial charge in [0.15, 0.2) is 11.5 Å². The number of nitrogens with zero attached hydrogens (tertiary/aromatic N) is 7. The highest BCUT2D eigenvalue weighted by Gasteiger charge is 2.19. The van der Waals surface area contributed by atoms with E-state index in [4.69, 9.17) is 10.1 Å². The van der Waals surface area contributed by atoms with Gasteiger partial charge in [-0.25, -0.2) is 5.43 Å². The first-order valence-electron chi connectivity index (χ1n) is 11.2. The third-order valence-corrected chi connectivity index (χ3v) is 6.05. The van der Waals surface area contributed by atoms with Crippen molar-refractivity contribution < 1.29 is 4.79 Å². The quantitative estimate of drug-likeness (QED) is 0.431. The summed E-state index contributed by atoms with van der Waals surface area (Å²) in [5, 5.41) is 18.6. The van der Waals surface area contributed by atoms with Crippen LogP contribution < -0.4 is 5.43 Å². The molecule has 0 bridgehead atoms. The van der Waals surface area contributed by atoms with E-state index in [0.29, 0.717) is 22.8 Å². The molecule has 164 valence electrons. The van der Waals surface area contributed by atoms with Crippen molar-refractivity contribution in [3.05, 3.63) is 54.6 Å². The molecule has 1 aliphatic rings. The molecule has 1 saturated carbocycles. The second-order valence-corrected chi connectivity index (χ2v) is 8.26. The summed E-state index contributed by atoms with van der Waals surface area (Å²) in [5.74, 6) is 0.815. The molecule has 9 heteroatoms. The van der Waals surface area contributed by atoms with Gasteiger partial charge in [0.25, 0.3) is 11.7 Å². The summed E-state index contributed by atoms with van der Waals surface area (Å²) in [4.78, 5) is 17.5. The van der Waals surface area contributed by atoms with E-state index in [1.807, 2.05) is 59.2 Å². The van der Waals surface area contributed by atoms with Crippen molar-refractivity contribution in [3.8, 4) is 11.4 Å². The van der Waals surface area contributed by atoms with E-state index in [9.17, 15) is 4.79 Å². The van der Waals surface area contributed by atoms with Gasteiger partial charge < -0.3 is 4.57 Å². The molecule has 1 N–H and O–H groups in total. The zero-order valence-electron chi connectivity index (χ0n) is 18.0. The van der Waals surface area contributed by atoms with Crippen LogP contribution in [0.2, 0.25) is 0 Å². The Labute approximate surface area is 189 Å². The number of aromatic nitrogens is 6. The molecule has 2 aromatic carbocycles. The third kappa shape index (κ3) is 3.51. The Morgan fingerprint density at radius 2 is 1.76 bits per heavy atom. The minimum Gasteiger partial charge on any atom is -0.314 e. The van der Waals surface area contributed by atoms with Gasteiger partial charge in [-0.1, -0.05) is 55.0 Å². The fourth-order valence-corrected chi connectivity index (χ4v) is 4.43. The van der Waals surface area contributed by atoms with E-state index < -0.39 is 0 Å². The number of amides is 1. The maximum Gasteiger partial charge on any atom is 0.274 e. The first kappa shape index (κ1) is 19.5. The van der Waals surface area contributed by atoms with E-state index in [0.717, 1.165) is 47.9 Å². The molecular weight excluding hydrogens is 416 g/mol. The zero-order chi connectivity index (χ0) is 22.2. The molecule has 0 radical (unpaired) electrons. The molecule has 6 rings (SSSR count). The van der Waals surface area contributed by atoms with Gasteiger partial charge in [-0.2, -0.15) is 19.7 Å². The molecule has 0 saturated heterocycles. The van der Waals surface area contributed by atoms with Crippen LogP contribution in [0.3, 0.4) is 0 Å². The van der Waals surface area contributed by atoms with Crippen molar-refractivity contribution in [1.82, 2.24) is 34.8 Å². The summed E-state index contributed by atoms with van der Waals surface area (Å²) < 4.78 is 3.52. The second kappa shape index (κ2) is 8.09. The van der Waals surface area contributed by atoms with E-state index in [1.54, 1.807) is 4.52 Å². The largest absolute Gasteiger partial charge is 0.314 e. The zero-order valence-corrected chi connectivity index (χ0v) is 18.0. The Kier molecular flexibility index (Phi) is 4.79. The highest BCUT2D eigenvalue weighted by molar-refractivity contribution is 6.05. The normalized spacial score (nSPS) is 14.2. The lowest BCUT2D eigenvalue weighted by Crippen LogP contribution is -2.25. The average molecular weight is 438 g/mol. The Balaban J connectivity index is 1.43. The predicted molar refractivity (Wildman–Crippen MR) is 126 cm³/mol. The van der Waals surface area contributed by atoms with Crippen LogP contribution in [-0.4, -0.2) is 41.0 Å². The lowest BCUT2D eigenvalue weighted by molar-refractivity contribution is -0.121. The number of hydrogen-bond acceptors (Lipinski definition) is 6. The molecule has 0 spiro atoms. The fourth-order valence-electron chi connectivity index (χ4n) is 4.43. The maximum atomic E-state index is 12.8. The summed E-state index contributed by atoms with van der Waals surface area (Å²) in [6, 6.07) is 17.6. The Morgan fingerprint density at radius 1 is 0.970 bits per heavy atom. The van der Waals surface area contributed by atoms with E-state index in [-0.39, 0.29) is 12.5 Å². The number of nitrogens with one attached hydrogen (secondary N) is 1. The van der Waals surface area contributed by atoms with Crippen LogP contribution in [0, 0.1) is 0 Å². The van der Waals surface area contributed by atoms with Crippen LogP contribution >= 0.6 is 0 Å². The monoisotopic (exact) mass is 438 g/mol. The standard InChI is InChI=1S/C24H22N8O/c33-20(27-26-17-11-5-2-6-12-17)15-31-19-14-8-7-13-18(19)21-23(31)25-24-29-28-22(32(24)30-21)16-9-3-1-4-10-16/h1,3-4,7-10,13-14H,2,5-6,11-12,15H2,(H,27,33). The molecule has 5 aromatic rings. The number of benzene rings is 2. The predicted octanol–water partition coefficient (Wildman–Crippen LogP) is 3.73. The van der Waals surface area contributed by atoms with Crippen molar-refractivity contribution in [2.45, 2.75) is 38.6 Å². The minimum atomic E-state index is -0.191. The summed E-state index contributed by atoms with van der Waals surface area (Å²) in [5.41, 5.74) is 6.87. The Bertz CT molecular complexity index is 1510. The number of rotatable bonds is 4. The van der Waals surface area contributed by atoms with Crippen molar-refractivity contribution >= 4 is 39.5 Å². The summed E-state index contributed by atoms with van der Waals surface area (Å²) in [6.45, 7) is 0.0886. The molecule has 3 heterocycles. The summed E-state index contributed by atoms with van der Waals surface area (Å²) in [7, 11) is 0. The van der Waals surface area contributed by atoms with Gasteiger partial charge in [-0.15, -0.1) is 10.2 Å². The third-order valence-electron chi connectivity index (χ3n) is 6.05. The van der Waals surface area contributed by atoms with Crippen molar-refractivity contribution in [3.63, 3.8) is 0 Å². The number of carbonyl (C=O) groups excluding carboxylic acids is 1. The maximum absolute atomic E-state index is 12.8. The van der Waals surface area contributed by atoms with Gasteiger partial charge in [-0.3, -0.25) is 4.79 Å². The Morgan fingerprint density at radius 3 is 2.61 bits per heavy atom. The first-order valence-corrected chi connectivity index (χ1v) is 11.2. The smallest absolute Gasteiger partial charge is 0.274 e. The molecule has 1 amide bonds. The molecule has 1 aliphatic carbocycles. The van der Waals surface area contributed by atoms with Crippen LogP contribution in [0.25, 0.3) is 39.2 Å². The van der Waals surface area contributed by atoms with Gasteiger partial charge in [0.1, 0.15) is 12.1 Å². The number of hydrogen-bond donors (Lipinski definition) is 1.